The van der Waals surface area contributed by atoms with Gasteiger partial charge >= 0.3 is 29.6 Å². The van der Waals surface area contributed by atoms with Gasteiger partial charge in [-0.1, -0.05) is 44.2 Å². The molecule has 0 radical (unpaired) electrons. The van der Waals surface area contributed by atoms with Crippen LogP contribution in [-0.4, -0.2) is 20.4 Å². The van der Waals surface area contributed by atoms with E-state index in [0.29, 0.717) is 29.6 Å². The maximum absolute atomic E-state index is 12.9. The van der Waals surface area contributed by atoms with Crippen molar-refractivity contribution < 1.29 is 47.9 Å². The summed E-state index contributed by atoms with van der Waals surface area (Å²) < 4.78 is 28.8. The fraction of sp³-hybridized carbons (Fsp3) is 0.591. The molecule has 154 valence electrons. The van der Waals surface area contributed by atoms with Gasteiger partial charge in [-0.3, -0.25) is 0 Å². The molecule has 4 atom stereocenters. The average molecular weight is 428 g/mol. The van der Waals surface area contributed by atoms with Gasteiger partial charge in [0.15, 0.2) is 0 Å². The van der Waals surface area contributed by atoms with Gasteiger partial charge in [0.05, 0.1) is 4.90 Å². The van der Waals surface area contributed by atoms with Crippen LogP contribution < -0.4 is 39.4 Å². The number of hydrogen-bond acceptors (Lipinski definition) is 4. The summed E-state index contributed by atoms with van der Waals surface area (Å²) in [4.78, 5) is 10.8. The molecule has 0 unspecified atom stereocenters. The van der Waals surface area contributed by atoms with E-state index in [1.54, 1.807) is 24.3 Å². The van der Waals surface area contributed by atoms with Crippen molar-refractivity contribution in [2.45, 2.75) is 63.3 Å². The first-order valence-electron chi connectivity index (χ1n) is 10.1. The van der Waals surface area contributed by atoms with Gasteiger partial charge in [0.2, 0.25) is 10.0 Å². The Balaban J connectivity index is 0.00000300. The van der Waals surface area contributed by atoms with Crippen molar-refractivity contribution >= 4 is 16.0 Å². The third kappa shape index (κ3) is 5.73. The Morgan fingerprint density at radius 1 is 1.21 bits per heavy atom. The van der Waals surface area contributed by atoms with Crippen LogP contribution in [0.25, 0.3) is 0 Å². The molecular weight excluding hydrogens is 397 g/mol. The number of aliphatic carboxylic acids is 1. The SMILES string of the molecule is CC1(C)[C@H]2C[C@H](C/C=C\CCCC(=O)[O-])[C@@H](NS(=O)(=O)c3ccccc3)[C@@H]1C2.[Na+]. The number of carboxylic acids is 1. The van der Waals surface area contributed by atoms with Gasteiger partial charge in [-0.2, -0.15) is 0 Å². The van der Waals surface area contributed by atoms with Crippen LogP contribution in [-0.2, 0) is 14.8 Å². The van der Waals surface area contributed by atoms with Crippen molar-refractivity contribution in [3.05, 3.63) is 42.5 Å². The van der Waals surface area contributed by atoms with Crippen molar-refractivity contribution in [1.82, 2.24) is 4.72 Å². The number of sulfonamides is 1. The second-order valence-electron chi connectivity index (χ2n) is 8.79. The molecule has 0 heterocycles. The number of allylic oxidation sites excluding steroid dienone is 2. The van der Waals surface area contributed by atoms with Crippen LogP contribution in [0.3, 0.4) is 0 Å². The molecular formula is C22H30NNaO4S. The van der Waals surface area contributed by atoms with Crippen LogP contribution >= 0.6 is 0 Å². The molecule has 1 N–H and O–H groups in total. The second kappa shape index (κ2) is 10.1. The molecule has 3 saturated carbocycles. The Kier molecular flexibility index (Phi) is 8.57. The van der Waals surface area contributed by atoms with Crippen LogP contribution in [0.4, 0.5) is 0 Å². The molecule has 7 heteroatoms. The number of unbranched alkanes of at least 4 members (excludes halogenated alkanes) is 1. The number of fused-ring (bicyclic) bond motifs is 2. The van der Waals surface area contributed by atoms with E-state index in [1.165, 1.54) is 0 Å². The van der Waals surface area contributed by atoms with Gasteiger partial charge < -0.3 is 9.90 Å². The third-order valence-corrected chi connectivity index (χ3v) is 8.25. The van der Waals surface area contributed by atoms with Crippen molar-refractivity contribution in [3.8, 4) is 0 Å². The molecule has 0 saturated heterocycles. The van der Waals surface area contributed by atoms with E-state index in [1.807, 2.05) is 12.1 Å². The Bertz CT molecular complexity index is 822. The van der Waals surface area contributed by atoms with Gasteiger partial charge in [0, 0.05) is 12.0 Å². The minimum atomic E-state index is -3.55. The largest absolute Gasteiger partial charge is 1.00 e. The predicted octanol–water partition coefficient (Wildman–Crippen LogP) is -0.114. The zero-order valence-corrected chi connectivity index (χ0v) is 20.5. The molecule has 3 aliphatic rings. The molecule has 1 aromatic rings. The number of carboxylic acid groups (broad SMARTS) is 1. The zero-order valence-electron chi connectivity index (χ0n) is 17.6. The first-order valence-corrected chi connectivity index (χ1v) is 11.6. The molecule has 0 amide bonds. The average Bonchev–Trinajstić information content (AvgIpc) is 2.65. The van der Waals surface area contributed by atoms with Gasteiger partial charge in [0.1, 0.15) is 0 Å². The van der Waals surface area contributed by atoms with Crippen molar-refractivity contribution in [2.24, 2.45) is 23.2 Å². The fourth-order valence-electron chi connectivity index (χ4n) is 4.93. The normalized spacial score (nSPS) is 27.8. The summed E-state index contributed by atoms with van der Waals surface area (Å²) in [5.74, 6) is 0.249. The summed E-state index contributed by atoms with van der Waals surface area (Å²) in [5.41, 5.74) is 0.165. The Hall–Kier alpha value is -0.660. The molecule has 0 aromatic heterocycles. The van der Waals surface area contributed by atoms with Crippen LogP contribution in [0.1, 0.15) is 52.4 Å². The van der Waals surface area contributed by atoms with Gasteiger partial charge in [0.25, 0.3) is 0 Å². The van der Waals surface area contributed by atoms with Gasteiger partial charge in [-0.05, 0) is 73.8 Å². The molecule has 3 aliphatic carbocycles. The summed E-state index contributed by atoms with van der Waals surface area (Å²) in [6.45, 7) is 4.50. The number of hydrogen-bond donors (Lipinski definition) is 1. The van der Waals surface area contributed by atoms with Crippen molar-refractivity contribution in [1.29, 1.82) is 0 Å². The number of nitrogens with one attached hydrogen (secondary N) is 1. The quantitative estimate of drug-likeness (QED) is 0.338. The maximum atomic E-state index is 12.9. The van der Waals surface area contributed by atoms with E-state index in [0.717, 1.165) is 19.3 Å². The summed E-state index contributed by atoms with van der Waals surface area (Å²) in [6.07, 6.45) is 8.38. The summed E-state index contributed by atoms with van der Waals surface area (Å²) in [7, 11) is -3.55. The summed E-state index contributed by atoms with van der Waals surface area (Å²) >= 11 is 0. The van der Waals surface area contributed by atoms with E-state index in [9.17, 15) is 18.3 Å². The Morgan fingerprint density at radius 3 is 2.52 bits per heavy atom. The Morgan fingerprint density at radius 2 is 1.90 bits per heavy atom. The van der Waals surface area contributed by atoms with Crippen molar-refractivity contribution in [3.63, 3.8) is 0 Å². The van der Waals surface area contributed by atoms with E-state index in [-0.39, 0.29) is 53.4 Å². The molecule has 3 fully saturated rings. The molecule has 29 heavy (non-hydrogen) atoms. The molecule has 5 nitrogen and oxygen atoms in total. The molecule has 1 aromatic carbocycles. The summed E-state index contributed by atoms with van der Waals surface area (Å²) in [6, 6.07) is 8.49. The summed E-state index contributed by atoms with van der Waals surface area (Å²) in [5, 5.41) is 10.5. The smallest absolute Gasteiger partial charge is 0.550 e. The fourth-order valence-corrected chi connectivity index (χ4v) is 6.29. The number of carbonyl (C=O) groups is 1. The molecule has 2 bridgehead atoms. The van der Waals surface area contributed by atoms with E-state index in [4.69, 9.17) is 0 Å². The van der Waals surface area contributed by atoms with Crippen LogP contribution in [0.15, 0.2) is 47.4 Å². The second-order valence-corrected chi connectivity index (χ2v) is 10.5. The first kappa shape index (κ1) is 24.6. The molecule has 0 aliphatic heterocycles. The monoisotopic (exact) mass is 427 g/mol. The van der Waals surface area contributed by atoms with Crippen LogP contribution in [0.2, 0.25) is 0 Å². The minimum absolute atomic E-state index is 0. The van der Waals surface area contributed by atoms with E-state index < -0.39 is 16.0 Å². The first-order chi connectivity index (χ1) is 13.2. The molecule has 0 spiro atoms. The zero-order chi connectivity index (χ0) is 20.4. The van der Waals surface area contributed by atoms with Crippen LogP contribution in [0, 0.1) is 23.2 Å². The standard InChI is InChI=1S/C22H31NO4S.Na/c1-22(2)17-14-16(10-6-3-4-9-13-20(24)25)21(19(22)15-17)23-28(26,27)18-11-7-5-8-12-18;/h3,5-8,11-12,16-17,19,21,23H,4,9-10,13-15H2,1-2H3,(H,24,25);/q;+1/p-1/b6-3-;/t16-,17-,19-,21+;/m0./s1. The van der Waals surface area contributed by atoms with Gasteiger partial charge in [-0.25, -0.2) is 13.1 Å². The van der Waals surface area contributed by atoms with Crippen LogP contribution in [0.5, 0.6) is 0 Å². The number of carbonyl (C=O) groups excluding carboxylic acids is 1. The van der Waals surface area contributed by atoms with Gasteiger partial charge in [-0.15, -0.1) is 0 Å². The third-order valence-electron chi connectivity index (χ3n) is 6.78. The number of rotatable bonds is 9. The predicted molar refractivity (Wildman–Crippen MR) is 107 cm³/mol. The molecule has 4 rings (SSSR count). The van der Waals surface area contributed by atoms with E-state index in [2.05, 4.69) is 24.6 Å². The maximum Gasteiger partial charge on any atom is 1.00 e. The minimum Gasteiger partial charge on any atom is -0.550 e. The topological polar surface area (TPSA) is 86.3 Å². The van der Waals surface area contributed by atoms with Crippen molar-refractivity contribution in [2.75, 3.05) is 0 Å². The van der Waals surface area contributed by atoms with E-state index >= 15 is 0 Å². The Labute approximate surface area is 196 Å². The number of benzene rings is 1.